The first kappa shape index (κ1) is 11.1. The van der Waals surface area contributed by atoms with E-state index in [0.29, 0.717) is 0 Å². The number of aromatic nitrogens is 1. The van der Waals surface area contributed by atoms with Crippen LogP contribution in [-0.4, -0.2) is 18.1 Å². The Morgan fingerprint density at radius 1 is 1.56 bits per heavy atom. The van der Waals surface area contributed by atoms with Gasteiger partial charge >= 0.3 is 0 Å². The molecule has 1 atom stereocenters. The molecular formula is C13H18N2O. The summed E-state index contributed by atoms with van der Waals surface area (Å²) in [6.45, 7) is 5.93. The lowest BCUT2D eigenvalue weighted by Crippen LogP contribution is -2.24. The second-order valence-corrected chi connectivity index (χ2v) is 3.97. The van der Waals surface area contributed by atoms with E-state index in [9.17, 15) is 0 Å². The highest BCUT2D eigenvalue weighted by Crippen LogP contribution is 2.27. The van der Waals surface area contributed by atoms with Crippen LogP contribution in [0.25, 0.3) is 0 Å². The summed E-state index contributed by atoms with van der Waals surface area (Å²) in [6.07, 6.45) is 6.92. The fourth-order valence-corrected chi connectivity index (χ4v) is 1.98. The van der Waals surface area contributed by atoms with Crippen LogP contribution in [0.15, 0.2) is 30.3 Å². The zero-order valence-corrected chi connectivity index (χ0v) is 9.86. The van der Waals surface area contributed by atoms with Gasteiger partial charge in [-0.1, -0.05) is 6.92 Å². The molecular weight excluding hydrogens is 200 g/mol. The molecule has 0 fully saturated rings. The van der Waals surface area contributed by atoms with E-state index in [2.05, 4.69) is 30.2 Å². The smallest absolute Gasteiger partial charge is 0.114 e. The largest absolute Gasteiger partial charge is 0.496 e. The molecule has 2 heterocycles. The van der Waals surface area contributed by atoms with Crippen molar-refractivity contribution in [1.82, 2.24) is 10.3 Å². The molecule has 1 aromatic heterocycles. The Kier molecular flexibility index (Phi) is 3.57. The second kappa shape index (κ2) is 5.12. The lowest BCUT2D eigenvalue weighted by atomic mass is 10.0. The van der Waals surface area contributed by atoms with Gasteiger partial charge in [0.25, 0.3) is 0 Å². The first-order valence-corrected chi connectivity index (χ1v) is 5.79. The predicted octanol–water partition coefficient (Wildman–Crippen LogP) is 2.34. The van der Waals surface area contributed by atoms with Crippen molar-refractivity contribution < 1.29 is 4.74 Å². The van der Waals surface area contributed by atoms with Crippen LogP contribution < -0.4 is 5.32 Å². The van der Waals surface area contributed by atoms with Gasteiger partial charge in [-0.3, -0.25) is 4.98 Å². The Hall–Kier alpha value is -1.35. The van der Waals surface area contributed by atoms with E-state index in [4.69, 9.17) is 4.74 Å². The lowest BCUT2D eigenvalue weighted by Gasteiger charge is -2.20. The van der Waals surface area contributed by atoms with E-state index < -0.39 is 0 Å². The van der Waals surface area contributed by atoms with Crippen molar-refractivity contribution in [2.45, 2.75) is 26.3 Å². The first-order chi connectivity index (χ1) is 7.83. The van der Waals surface area contributed by atoms with Crippen LogP contribution in [0, 0.1) is 6.92 Å². The molecule has 1 aliphatic heterocycles. The molecule has 3 nitrogen and oxygen atoms in total. The number of likely N-dealkylation sites (N-methyl/N-ethyl adjacent to an activating group) is 1. The third kappa shape index (κ3) is 2.25. The number of nitrogens with one attached hydrogen (secondary N) is 1. The van der Waals surface area contributed by atoms with E-state index in [-0.39, 0.29) is 6.04 Å². The molecule has 1 aliphatic rings. The van der Waals surface area contributed by atoms with Gasteiger partial charge in [-0.05, 0) is 36.7 Å². The van der Waals surface area contributed by atoms with E-state index in [1.807, 2.05) is 18.5 Å². The van der Waals surface area contributed by atoms with Gasteiger partial charge in [-0.2, -0.15) is 0 Å². The van der Waals surface area contributed by atoms with E-state index >= 15 is 0 Å². The van der Waals surface area contributed by atoms with Crippen LogP contribution in [0.4, 0.5) is 0 Å². The molecule has 1 unspecified atom stereocenters. The zero-order valence-electron chi connectivity index (χ0n) is 9.86. The molecule has 0 radical (unpaired) electrons. The molecule has 0 amide bonds. The summed E-state index contributed by atoms with van der Waals surface area (Å²) >= 11 is 0. The minimum absolute atomic E-state index is 0.154. The third-order valence-corrected chi connectivity index (χ3v) is 2.82. The number of hydrogen-bond donors (Lipinski definition) is 1. The Bertz CT molecular complexity index is 387. The molecule has 0 spiro atoms. The van der Waals surface area contributed by atoms with Crippen LogP contribution in [0.1, 0.15) is 30.5 Å². The van der Waals surface area contributed by atoms with E-state index in [0.717, 1.165) is 25.3 Å². The molecule has 1 N–H and O–H groups in total. The monoisotopic (exact) mass is 218 g/mol. The number of ether oxygens (including phenoxy) is 1. The molecule has 0 aromatic carbocycles. The van der Waals surface area contributed by atoms with Crippen LogP contribution >= 0.6 is 0 Å². The van der Waals surface area contributed by atoms with Crippen LogP contribution in [0.3, 0.4) is 0 Å². The molecule has 16 heavy (non-hydrogen) atoms. The van der Waals surface area contributed by atoms with Crippen LogP contribution in [-0.2, 0) is 4.74 Å². The summed E-state index contributed by atoms with van der Waals surface area (Å²) in [4.78, 5) is 4.20. The van der Waals surface area contributed by atoms with Crippen molar-refractivity contribution in [3.8, 4) is 0 Å². The van der Waals surface area contributed by atoms with Gasteiger partial charge in [-0.15, -0.1) is 0 Å². The molecule has 0 aliphatic carbocycles. The maximum atomic E-state index is 5.65. The highest BCUT2D eigenvalue weighted by atomic mass is 16.5. The fourth-order valence-electron chi connectivity index (χ4n) is 1.98. The van der Waals surface area contributed by atoms with Crippen LogP contribution in [0.2, 0.25) is 0 Å². The van der Waals surface area contributed by atoms with Gasteiger partial charge in [0.1, 0.15) is 5.76 Å². The number of nitrogens with zero attached hydrogens (tertiary/aromatic N) is 1. The fraction of sp³-hybridized carbons (Fsp3) is 0.462. The summed E-state index contributed by atoms with van der Waals surface area (Å²) in [5.74, 6) is 1.04. The molecule has 0 bridgehead atoms. The minimum atomic E-state index is 0.154. The minimum Gasteiger partial charge on any atom is -0.496 e. The highest BCUT2D eigenvalue weighted by Gasteiger charge is 2.21. The van der Waals surface area contributed by atoms with Crippen molar-refractivity contribution in [3.63, 3.8) is 0 Å². The maximum absolute atomic E-state index is 5.65. The average Bonchev–Trinajstić information content (AvgIpc) is 2.80. The summed E-state index contributed by atoms with van der Waals surface area (Å²) in [6, 6.07) is 2.19. The number of hydrogen-bond acceptors (Lipinski definition) is 3. The topological polar surface area (TPSA) is 34.1 Å². The van der Waals surface area contributed by atoms with Crippen LogP contribution in [0.5, 0.6) is 0 Å². The Labute approximate surface area is 96.5 Å². The SMILES string of the molecule is CCNC(C1=CCCO1)c1cnccc1C. The van der Waals surface area contributed by atoms with Gasteiger partial charge in [0, 0.05) is 18.8 Å². The third-order valence-electron chi connectivity index (χ3n) is 2.82. The van der Waals surface area contributed by atoms with E-state index in [1.165, 1.54) is 11.1 Å². The Morgan fingerprint density at radius 2 is 2.44 bits per heavy atom. The first-order valence-electron chi connectivity index (χ1n) is 5.79. The highest BCUT2D eigenvalue weighted by molar-refractivity contribution is 5.31. The van der Waals surface area contributed by atoms with Crippen molar-refractivity contribution in [1.29, 1.82) is 0 Å². The summed E-state index contributed by atoms with van der Waals surface area (Å²) in [5, 5.41) is 3.45. The quantitative estimate of drug-likeness (QED) is 0.842. The average molecular weight is 218 g/mol. The molecule has 3 heteroatoms. The number of rotatable bonds is 4. The standard InChI is InChI=1S/C13H18N2O/c1-3-15-13(12-5-4-8-16-12)11-9-14-7-6-10(11)2/h5-7,9,13,15H,3-4,8H2,1-2H3. The molecule has 2 rings (SSSR count). The van der Waals surface area contributed by atoms with Crippen molar-refractivity contribution in [3.05, 3.63) is 41.4 Å². The Balaban J connectivity index is 2.28. The molecule has 0 saturated heterocycles. The number of aryl methyl sites for hydroxylation is 1. The predicted molar refractivity (Wildman–Crippen MR) is 64.0 cm³/mol. The summed E-state index contributed by atoms with van der Waals surface area (Å²) in [7, 11) is 0. The maximum Gasteiger partial charge on any atom is 0.114 e. The second-order valence-electron chi connectivity index (χ2n) is 3.97. The van der Waals surface area contributed by atoms with Crippen molar-refractivity contribution >= 4 is 0 Å². The molecule has 0 saturated carbocycles. The van der Waals surface area contributed by atoms with Gasteiger partial charge < -0.3 is 10.1 Å². The molecule has 1 aromatic rings. The van der Waals surface area contributed by atoms with Crippen molar-refractivity contribution in [2.75, 3.05) is 13.2 Å². The van der Waals surface area contributed by atoms with Gasteiger partial charge in [0.15, 0.2) is 0 Å². The van der Waals surface area contributed by atoms with Gasteiger partial charge in [0.05, 0.1) is 12.6 Å². The Morgan fingerprint density at radius 3 is 3.06 bits per heavy atom. The normalized spacial score (nSPS) is 16.8. The zero-order chi connectivity index (χ0) is 11.4. The van der Waals surface area contributed by atoms with Gasteiger partial charge in [-0.25, -0.2) is 0 Å². The lowest BCUT2D eigenvalue weighted by molar-refractivity contribution is 0.215. The van der Waals surface area contributed by atoms with Crippen molar-refractivity contribution in [2.24, 2.45) is 0 Å². The van der Waals surface area contributed by atoms with E-state index in [1.54, 1.807) is 0 Å². The summed E-state index contributed by atoms with van der Waals surface area (Å²) < 4.78 is 5.65. The van der Waals surface area contributed by atoms with Gasteiger partial charge in [0.2, 0.25) is 0 Å². The summed E-state index contributed by atoms with van der Waals surface area (Å²) in [5.41, 5.74) is 2.45. The number of pyridine rings is 1. The molecule has 86 valence electrons.